The van der Waals surface area contributed by atoms with Crippen LogP contribution in [0.4, 0.5) is 17.2 Å². The highest BCUT2D eigenvalue weighted by Gasteiger charge is 2.17. The zero-order valence-electron chi connectivity index (χ0n) is 15.4. The maximum absolute atomic E-state index is 12.6. The number of rotatable bonds is 6. The van der Waals surface area contributed by atoms with Gasteiger partial charge in [-0.1, -0.05) is 29.8 Å². The van der Waals surface area contributed by atoms with Gasteiger partial charge in [-0.3, -0.25) is 4.72 Å². The Bertz CT molecular complexity index is 1050. The number of hydrogen-bond donors (Lipinski definition) is 2. The van der Waals surface area contributed by atoms with Crippen LogP contribution in [0, 0.1) is 13.8 Å². The van der Waals surface area contributed by atoms with Crippen LogP contribution in [0.3, 0.4) is 0 Å². The molecule has 0 fully saturated rings. The number of sulfonamides is 1. The molecule has 1 heterocycles. The highest BCUT2D eigenvalue weighted by Crippen LogP contribution is 2.27. The minimum Gasteiger partial charge on any atom is -0.495 e. The van der Waals surface area contributed by atoms with E-state index in [4.69, 9.17) is 4.74 Å². The number of ether oxygens (including phenoxy) is 1. The molecule has 0 saturated carbocycles. The van der Waals surface area contributed by atoms with Gasteiger partial charge in [-0.25, -0.2) is 13.4 Å². The van der Waals surface area contributed by atoms with Crippen molar-refractivity contribution in [3.05, 3.63) is 71.9 Å². The topological polar surface area (TPSA) is 80.3 Å². The molecule has 3 aromatic rings. The monoisotopic (exact) mass is 383 g/mol. The minimum atomic E-state index is -3.67. The Kier molecular flexibility index (Phi) is 5.32. The Morgan fingerprint density at radius 2 is 1.78 bits per heavy atom. The Hall–Kier alpha value is -3.06. The van der Waals surface area contributed by atoms with Crippen LogP contribution in [0.25, 0.3) is 0 Å². The van der Waals surface area contributed by atoms with Gasteiger partial charge in [0.25, 0.3) is 10.0 Å². The molecule has 1 aromatic heterocycles. The quantitative estimate of drug-likeness (QED) is 0.665. The van der Waals surface area contributed by atoms with E-state index in [9.17, 15) is 8.42 Å². The van der Waals surface area contributed by atoms with Crippen molar-refractivity contribution >= 4 is 27.2 Å². The fourth-order valence-electron chi connectivity index (χ4n) is 2.73. The van der Waals surface area contributed by atoms with Crippen LogP contribution in [0.2, 0.25) is 0 Å². The maximum Gasteiger partial charge on any atom is 0.262 e. The number of aryl methyl sites for hydroxylation is 2. The molecular formula is C20H21N3O3S. The first kappa shape index (κ1) is 18.7. The average molecular weight is 383 g/mol. The summed E-state index contributed by atoms with van der Waals surface area (Å²) in [6.45, 7) is 3.70. The van der Waals surface area contributed by atoms with Gasteiger partial charge in [-0.05, 0) is 49.7 Å². The van der Waals surface area contributed by atoms with E-state index in [1.165, 1.54) is 6.20 Å². The van der Waals surface area contributed by atoms with Crippen LogP contribution in [-0.2, 0) is 10.0 Å². The number of nitrogens with zero attached hydrogens (tertiary/aromatic N) is 1. The third kappa shape index (κ3) is 4.38. The lowest BCUT2D eigenvalue weighted by Gasteiger charge is -2.12. The number of pyridine rings is 1. The van der Waals surface area contributed by atoms with Crippen LogP contribution in [0.5, 0.6) is 5.75 Å². The van der Waals surface area contributed by atoms with Crippen LogP contribution >= 0.6 is 0 Å². The summed E-state index contributed by atoms with van der Waals surface area (Å²) >= 11 is 0. The first-order valence-electron chi connectivity index (χ1n) is 8.35. The molecule has 0 aliphatic carbocycles. The van der Waals surface area contributed by atoms with E-state index >= 15 is 0 Å². The van der Waals surface area contributed by atoms with E-state index in [-0.39, 0.29) is 4.90 Å². The van der Waals surface area contributed by atoms with Gasteiger partial charge in [0.2, 0.25) is 0 Å². The predicted molar refractivity (Wildman–Crippen MR) is 107 cm³/mol. The van der Waals surface area contributed by atoms with Crippen LogP contribution < -0.4 is 14.8 Å². The van der Waals surface area contributed by atoms with Gasteiger partial charge in [-0.15, -0.1) is 0 Å². The van der Waals surface area contributed by atoms with Gasteiger partial charge >= 0.3 is 0 Å². The Morgan fingerprint density at radius 3 is 2.44 bits per heavy atom. The van der Waals surface area contributed by atoms with E-state index < -0.39 is 10.0 Å². The average Bonchev–Trinajstić information content (AvgIpc) is 2.63. The molecule has 0 amide bonds. The maximum atomic E-state index is 12.6. The summed E-state index contributed by atoms with van der Waals surface area (Å²) in [5.41, 5.74) is 2.88. The number of nitrogens with one attached hydrogen (secondary N) is 2. The SMILES string of the molecule is COc1ccccc1Nc1ccc(NS(=O)(=O)c2ccc(C)cc2C)cn1. The summed E-state index contributed by atoms with van der Waals surface area (Å²) in [5, 5.41) is 3.15. The zero-order valence-corrected chi connectivity index (χ0v) is 16.2. The zero-order chi connectivity index (χ0) is 19.4. The molecule has 2 N–H and O–H groups in total. The van der Waals surface area contributed by atoms with E-state index in [1.54, 1.807) is 38.3 Å². The highest BCUT2D eigenvalue weighted by atomic mass is 32.2. The second-order valence-corrected chi connectivity index (χ2v) is 7.78. The smallest absolute Gasteiger partial charge is 0.262 e. The molecule has 7 heteroatoms. The van der Waals surface area contributed by atoms with Gasteiger partial charge in [0.05, 0.1) is 29.6 Å². The lowest BCUT2D eigenvalue weighted by Crippen LogP contribution is -2.14. The molecule has 0 bridgehead atoms. The van der Waals surface area contributed by atoms with E-state index in [2.05, 4.69) is 15.0 Å². The largest absolute Gasteiger partial charge is 0.495 e. The number of benzene rings is 2. The van der Waals surface area contributed by atoms with Crippen molar-refractivity contribution in [3.63, 3.8) is 0 Å². The van der Waals surface area contributed by atoms with Gasteiger partial charge in [0, 0.05) is 0 Å². The normalized spacial score (nSPS) is 11.1. The Balaban J connectivity index is 1.77. The van der Waals surface area contributed by atoms with Crippen molar-refractivity contribution in [2.75, 3.05) is 17.1 Å². The van der Waals surface area contributed by atoms with Crippen molar-refractivity contribution in [2.45, 2.75) is 18.7 Å². The van der Waals surface area contributed by atoms with E-state index in [0.717, 1.165) is 11.3 Å². The summed E-state index contributed by atoms with van der Waals surface area (Å²) in [7, 11) is -2.08. The number of para-hydroxylation sites is 2. The van der Waals surface area contributed by atoms with Crippen LogP contribution in [0.1, 0.15) is 11.1 Å². The van der Waals surface area contributed by atoms with Gasteiger partial charge in [-0.2, -0.15) is 0 Å². The number of anilines is 3. The van der Waals surface area contributed by atoms with Gasteiger partial charge in [0.1, 0.15) is 11.6 Å². The lowest BCUT2D eigenvalue weighted by atomic mass is 10.2. The van der Waals surface area contributed by atoms with Crippen molar-refractivity contribution in [2.24, 2.45) is 0 Å². The number of aromatic nitrogens is 1. The first-order chi connectivity index (χ1) is 12.9. The molecule has 3 rings (SSSR count). The lowest BCUT2D eigenvalue weighted by molar-refractivity contribution is 0.417. The van der Waals surface area contributed by atoms with Crippen LogP contribution in [-0.4, -0.2) is 20.5 Å². The number of hydrogen-bond acceptors (Lipinski definition) is 5. The number of methoxy groups -OCH3 is 1. The summed E-state index contributed by atoms with van der Waals surface area (Å²) < 4.78 is 33.1. The molecule has 140 valence electrons. The summed E-state index contributed by atoms with van der Waals surface area (Å²) in [5.74, 6) is 1.27. The molecule has 0 atom stereocenters. The third-order valence-corrected chi connectivity index (χ3v) is 5.55. The molecule has 0 saturated heterocycles. The molecule has 0 unspecified atom stereocenters. The molecule has 27 heavy (non-hydrogen) atoms. The molecule has 0 radical (unpaired) electrons. The Morgan fingerprint density at radius 1 is 1.00 bits per heavy atom. The fraction of sp³-hybridized carbons (Fsp3) is 0.150. The molecule has 6 nitrogen and oxygen atoms in total. The standard InChI is InChI=1S/C20H21N3O3S/c1-14-8-10-19(15(2)12-14)27(24,25)23-16-9-11-20(21-13-16)22-17-6-4-5-7-18(17)26-3/h4-13,23H,1-3H3,(H,21,22). The van der Waals surface area contributed by atoms with Crippen molar-refractivity contribution in [3.8, 4) is 5.75 Å². The first-order valence-corrected chi connectivity index (χ1v) is 9.83. The predicted octanol–water partition coefficient (Wildman–Crippen LogP) is 4.25. The van der Waals surface area contributed by atoms with Gasteiger partial charge < -0.3 is 10.1 Å². The summed E-state index contributed by atoms with van der Waals surface area (Å²) in [4.78, 5) is 4.52. The van der Waals surface area contributed by atoms with Gasteiger partial charge in [0.15, 0.2) is 0 Å². The summed E-state index contributed by atoms with van der Waals surface area (Å²) in [6.07, 6.45) is 1.47. The molecule has 0 spiro atoms. The highest BCUT2D eigenvalue weighted by molar-refractivity contribution is 7.92. The van der Waals surface area contributed by atoms with E-state index in [1.807, 2.05) is 37.3 Å². The molecule has 0 aliphatic heterocycles. The molecule has 0 aliphatic rings. The minimum absolute atomic E-state index is 0.254. The summed E-state index contributed by atoms with van der Waals surface area (Å²) in [6, 6.07) is 16.1. The second kappa shape index (κ2) is 7.67. The molecular weight excluding hydrogens is 362 g/mol. The van der Waals surface area contributed by atoms with Crippen LogP contribution in [0.15, 0.2) is 65.7 Å². The third-order valence-electron chi connectivity index (χ3n) is 4.01. The second-order valence-electron chi connectivity index (χ2n) is 6.13. The van der Waals surface area contributed by atoms with Crippen molar-refractivity contribution < 1.29 is 13.2 Å². The molecule has 2 aromatic carbocycles. The van der Waals surface area contributed by atoms with Crippen molar-refractivity contribution in [1.82, 2.24) is 4.98 Å². The van der Waals surface area contributed by atoms with E-state index in [0.29, 0.717) is 22.8 Å². The fourth-order valence-corrected chi connectivity index (χ4v) is 4.00. The van der Waals surface area contributed by atoms with Crippen molar-refractivity contribution in [1.29, 1.82) is 0 Å². The Labute approximate surface area is 159 Å².